The van der Waals surface area contributed by atoms with E-state index in [9.17, 15) is 26.3 Å². The van der Waals surface area contributed by atoms with Crippen molar-refractivity contribution in [2.75, 3.05) is 0 Å². The van der Waals surface area contributed by atoms with Crippen molar-refractivity contribution in [2.45, 2.75) is 72.2 Å². The summed E-state index contributed by atoms with van der Waals surface area (Å²) in [5.41, 5.74) is 1.10. The first-order chi connectivity index (χ1) is 13.4. The predicted octanol–water partition coefficient (Wildman–Crippen LogP) is 8.32. The van der Waals surface area contributed by atoms with Gasteiger partial charge in [-0.15, -0.1) is 0 Å². The van der Waals surface area contributed by atoms with Gasteiger partial charge in [-0.05, 0) is 67.5 Å². The first-order valence-corrected chi connectivity index (χ1v) is 9.73. The van der Waals surface area contributed by atoms with E-state index in [-0.39, 0.29) is 5.56 Å². The molecule has 0 bridgehead atoms. The Hall–Kier alpha value is -1.98. The topological polar surface area (TPSA) is 0 Å². The molecule has 0 saturated heterocycles. The molecule has 0 spiro atoms. The van der Waals surface area contributed by atoms with E-state index >= 15 is 0 Å². The number of unbranched alkanes of at least 4 members (excludes halogenated alkanes) is 1. The highest BCUT2D eigenvalue weighted by molar-refractivity contribution is 5.34. The summed E-state index contributed by atoms with van der Waals surface area (Å²) >= 11 is 0. The fourth-order valence-electron chi connectivity index (χ4n) is 2.93. The van der Waals surface area contributed by atoms with Crippen LogP contribution in [0.5, 0.6) is 0 Å². The van der Waals surface area contributed by atoms with Gasteiger partial charge in [0.15, 0.2) is 0 Å². The summed E-state index contributed by atoms with van der Waals surface area (Å²) in [7, 11) is 0. The van der Waals surface area contributed by atoms with E-state index in [1.807, 2.05) is 13.8 Å². The molecule has 0 nitrogen and oxygen atoms in total. The summed E-state index contributed by atoms with van der Waals surface area (Å²) in [6.07, 6.45) is -4.25. The van der Waals surface area contributed by atoms with Gasteiger partial charge in [0.25, 0.3) is 0 Å². The standard InChI is InChI=1S/C12H15F3.C11H13F3/c1-3-4-5-10-7-6-9(2)11(8-10)12(13,14)15;1-3-4-9-6-5-8(2)10(7-9)11(12,13)14/h6-8H,3-5H2,1-2H3;5-7H,3-4H2,1-2H3. The molecular formula is C23H28F6. The molecule has 2 aromatic rings. The highest BCUT2D eigenvalue weighted by Crippen LogP contribution is 2.33. The molecule has 0 aliphatic carbocycles. The molecule has 6 heteroatoms. The van der Waals surface area contributed by atoms with Gasteiger partial charge in [0, 0.05) is 0 Å². The van der Waals surface area contributed by atoms with Gasteiger partial charge in [-0.1, -0.05) is 51.0 Å². The third kappa shape index (κ3) is 8.11. The third-order valence-electron chi connectivity index (χ3n) is 4.57. The van der Waals surface area contributed by atoms with Crippen LogP contribution in [0.2, 0.25) is 0 Å². The zero-order chi connectivity index (χ0) is 22.2. The molecule has 0 radical (unpaired) electrons. The van der Waals surface area contributed by atoms with Crippen LogP contribution in [0.4, 0.5) is 26.3 Å². The molecule has 0 aliphatic heterocycles. The van der Waals surface area contributed by atoms with E-state index in [4.69, 9.17) is 0 Å². The molecule has 0 atom stereocenters. The minimum Gasteiger partial charge on any atom is -0.166 e. The van der Waals surface area contributed by atoms with Crippen molar-refractivity contribution in [1.29, 1.82) is 0 Å². The third-order valence-corrected chi connectivity index (χ3v) is 4.57. The molecule has 29 heavy (non-hydrogen) atoms. The lowest BCUT2D eigenvalue weighted by Gasteiger charge is -2.11. The molecule has 2 rings (SSSR count). The van der Waals surface area contributed by atoms with E-state index in [1.165, 1.54) is 32.0 Å². The Morgan fingerprint density at radius 2 is 1.03 bits per heavy atom. The normalized spacial score (nSPS) is 11.8. The van der Waals surface area contributed by atoms with Gasteiger partial charge in [-0.2, -0.15) is 26.3 Å². The van der Waals surface area contributed by atoms with Crippen LogP contribution in [0.25, 0.3) is 0 Å². The molecule has 2 aromatic carbocycles. The van der Waals surface area contributed by atoms with Gasteiger partial charge >= 0.3 is 12.4 Å². The Bertz CT molecular complexity index is 772. The van der Waals surface area contributed by atoms with Crippen molar-refractivity contribution in [3.8, 4) is 0 Å². The first kappa shape index (κ1) is 25.1. The van der Waals surface area contributed by atoms with Crippen LogP contribution in [0.15, 0.2) is 36.4 Å². The quantitative estimate of drug-likeness (QED) is 0.428. The van der Waals surface area contributed by atoms with Crippen molar-refractivity contribution in [2.24, 2.45) is 0 Å². The second-order valence-electron chi connectivity index (χ2n) is 7.15. The Morgan fingerprint density at radius 1 is 0.621 bits per heavy atom. The number of hydrogen-bond acceptors (Lipinski definition) is 0. The van der Waals surface area contributed by atoms with Crippen LogP contribution >= 0.6 is 0 Å². The number of rotatable bonds is 5. The summed E-state index contributed by atoms with van der Waals surface area (Å²) in [5, 5.41) is 0. The van der Waals surface area contributed by atoms with Gasteiger partial charge in [0.05, 0.1) is 11.1 Å². The highest BCUT2D eigenvalue weighted by Gasteiger charge is 2.33. The van der Waals surface area contributed by atoms with Crippen molar-refractivity contribution < 1.29 is 26.3 Å². The molecule has 0 N–H and O–H groups in total. The Kier molecular flexibility index (Phi) is 9.24. The van der Waals surface area contributed by atoms with Crippen molar-refractivity contribution in [3.05, 3.63) is 69.8 Å². The van der Waals surface area contributed by atoms with Crippen LogP contribution in [-0.2, 0) is 25.2 Å². The fraction of sp³-hybridized carbons (Fsp3) is 0.478. The average Bonchev–Trinajstić information content (AvgIpc) is 2.61. The summed E-state index contributed by atoms with van der Waals surface area (Å²) in [4.78, 5) is 0. The molecule has 0 aromatic heterocycles. The van der Waals surface area contributed by atoms with Crippen LogP contribution in [0.3, 0.4) is 0 Å². The number of aryl methyl sites for hydroxylation is 4. The van der Waals surface area contributed by atoms with Crippen molar-refractivity contribution in [3.63, 3.8) is 0 Å². The zero-order valence-electron chi connectivity index (χ0n) is 17.3. The molecule has 0 aliphatic rings. The van der Waals surface area contributed by atoms with E-state index < -0.39 is 23.5 Å². The zero-order valence-corrected chi connectivity index (χ0v) is 17.3. The Balaban J connectivity index is 0.000000291. The number of halogens is 6. The van der Waals surface area contributed by atoms with Gasteiger partial charge in [0.1, 0.15) is 0 Å². The average molecular weight is 418 g/mol. The first-order valence-electron chi connectivity index (χ1n) is 9.73. The summed E-state index contributed by atoms with van der Waals surface area (Å²) < 4.78 is 75.1. The largest absolute Gasteiger partial charge is 0.416 e. The van der Waals surface area contributed by atoms with E-state index in [0.29, 0.717) is 12.0 Å². The molecule has 162 valence electrons. The molecule has 0 fully saturated rings. The number of alkyl halides is 6. The van der Waals surface area contributed by atoms with Crippen LogP contribution < -0.4 is 0 Å². The SMILES string of the molecule is CCCCc1ccc(C)c(C(F)(F)F)c1.CCCc1ccc(C)c(C(F)(F)F)c1. The van der Waals surface area contributed by atoms with Crippen LogP contribution in [-0.4, -0.2) is 0 Å². The van der Waals surface area contributed by atoms with Crippen molar-refractivity contribution >= 4 is 0 Å². The van der Waals surface area contributed by atoms with Gasteiger partial charge in [-0.3, -0.25) is 0 Å². The Labute approximate surface area is 169 Å². The Morgan fingerprint density at radius 3 is 1.38 bits per heavy atom. The number of hydrogen-bond donors (Lipinski definition) is 0. The summed E-state index contributed by atoms with van der Waals surface area (Å²) in [6.45, 7) is 6.96. The van der Waals surface area contributed by atoms with Gasteiger partial charge in [-0.25, -0.2) is 0 Å². The molecule has 0 saturated carbocycles. The minimum absolute atomic E-state index is 0.289. The lowest BCUT2D eigenvalue weighted by Crippen LogP contribution is -2.08. The van der Waals surface area contributed by atoms with Gasteiger partial charge in [0.2, 0.25) is 0 Å². The molecular weight excluding hydrogens is 390 g/mol. The monoisotopic (exact) mass is 418 g/mol. The van der Waals surface area contributed by atoms with Crippen molar-refractivity contribution in [1.82, 2.24) is 0 Å². The van der Waals surface area contributed by atoms with E-state index in [2.05, 4.69) is 0 Å². The molecule has 0 heterocycles. The van der Waals surface area contributed by atoms with E-state index in [1.54, 1.807) is 18.2 Å². The maximum Gasteiger partial charge on any atom is 0.416 e. The van der Waals surface area contributed by atoms with Crippen LogP contribution in [0, 0.1) is 13.8 Å². The predicted molar refractivity (Wildman–Crippen MR) is 105 cm³/mol. The van der Waals surface area contributed by atoms with Crippen LogP contribution in [0.1, 0.15) is 66.5 Å². The second-order valence-corrected chi connectivity index (χ2v) is 7.15. The molecule has 0 amide bonds. The lowest BCUT2D eigenvalue weighted by molar-refractivity contribution is -0.138. The highest BCUT2D eigenvalue weighted by atomic mass is 19.4. The van der Waals surface area contributed by atoms with Gasteiger partial charge < -0.3 is 0 Å². The maximum absolute atomic E-state index is 12.6. The lowest BCUT2D eigenvalue weighted by atomic mass is 10.0. The number of benzene rings is 2. The smallest absolute Gasteiger partial charge is 0.166 e. The minimum atomic E-state index is -4.23. The summed E-state index contributed by atoms with van der Waals surface area (Å²) in [6, 6.07) is 9.14. The maximum atomic E-state index is 12.6. The fourth-order valence-corrected chi connectivity index (χ4v) is 2.93. The molecule has 0 unspecified atom stereocenters. The second kappa shape index (κ2) is 10.7. The summed E-state index contributed by atoms with van der Waals surface area (Å²) in [5.74, 6) is 0. The van der Waals surface area contributed by atoms with E-state index in [0.717, 1.165) is 36.8 Å².